The molecule has 0 atom stereocenters. The molecule has 0 unspecified atom stereocenters. The molecule has 0 rings (SSSR count). The van der Waals surface area contributed by atoms with Crippen molar-refractivity contribution in [3.05, 3.63) is 0 Å². The summed E-state index contributed by atoms with van der Waals surface area (Å²) in [4.78, 5) is 0. The summed E-state index contributed by atoms with van der Waals surface area (Å²) in [6, 6.07) is 0. The Hall–Kier alpha value is -0.0231. The lowest BCUT2D eigenvalue weighted by molar-refractivity contribution is 0.356. The fourth-order valence-corrected chi connectivity index (χ4v) is 0. The van der Waals surface area contributed by atoms with Crippen LogP contribution in [0.3, 0.4) is 0 Å². The van der Waals surface area contributed by atoms with Crippen LogP contribution in [0, 0.1) is 0 Å². The van der Waals surface area contributed by atoms with E-state index in [-0.39, 0.29) is 6.23 Å². The number of rotatable bonds is 1. The summed E-state index contributed by atoms with van der Waals surface area (Å²) in [5.74, 6) is 0. The molecule has 0 aromatic rings. The smallest absolute Gasteiger partial charge is 0.287 e. The molecule has 0 aromatic carbocycles. The molecule has 0 spiro atoms. The van der Waals surface area contributed by atoms with E-state index in [9.17, 15) is 0 Å². The van der Waals surface area contributed by atoms with Gasteiger partial charge in [-0.25, -0.2) is 0 Å². The monoisotopic (exact) mass is 76.0 g/mol. The second kappa shape index (κ2) is 2.98. The Kier molecular flexibility index (Phi) is 2.96. The van der Waals surface area contributed by atoms with Gasteiger partial charge in [-0.3, -0.25) is 0 Å². The Morgan fingerprint density at radius 3 is 2.25 bits per heavy atom. The summed E-state index contributed by atoms with van der Waals surface area (Å²) < 4.78 is 9.13. The van der Waals surface area contributed by atoms with Gasteiger partial charge >= 0.3 is 0 Å². The van der Waals surface area contributed by atoms with Gasteiger partial charge in [0.05, 0.1) is 6.23 Å². The van der Waals surface area contributed by atoms with Crippen molar-refractivity contribution in [3.63, 3.8) is 0 Å². The van der Waals surface area contributed by atoms with Crippen LogP contribution in [0.25, 0.3) is 0 Å². The number of hydrogen-bond acceptors (Lipinski definition) is 2. The zero-order valence-electron chi connectivity index (χ0n) is 2.14. The van der Waals surface area contributed by atoms with Crippen molar-refractivity contribution in [1.82, 2.24) is 0 Å². The molecule has 0 heterocycles. The van der Waals surface area contributed by atoms with E-state index in [1.807, 2.05) is 0 Å². The average Bonchev–Trinajstić information content (AvgIpc) is 1.37. The van der Waals surface area contributed by atoms with Gasteiger partial charge in [-0.15, -0.1) is 0 Å². The lowest BCUT2D eigenvalue weighted by Gasteiger charge is -1.53. The van der Waals surface area contributed by atoms with Crippen LogP contribution in [-0.4, -0.2) is 20.7 Å². The third kappa shape index (κ3) is 1.98. The van der Waals surface area contributed by atoms with Crippen molar-refractivity contribution in [2.45, 2.75) is 0 Å². The first-order valence-electron chi connectivity index (χ1n) is 0.960. The van der Waals surface area contributed by atoms with E-state index in [2.05, 4.69) is 0 Å². The highest BCUT2D eigenvalue weighted by atomic mass is 28.2. The molecular weight excluding hydrogens is 72.1 g/mol. The lowest BCUT2D eigenvalue weighted by atomic mass is 11.7. The number of aliphatic hydroxyl groups is 1. The first kappa shape index (κ1) is 3.98. The van der Waals surface area contributed by atoms with Gasteiger partial charge < -0.3 is 9.57 Å². The van der Waals surface area contributed by atoms with E-state index in [1.54, 1.807) is 0 Å². The zero-order chi connectivity index (χ0) is 3.41. The van der Waals surface area contributed by atoms with Crippen molar-refractivity contribution >= 4 is 9.41 Å². The summed E-state index contributed by atoms with van der Waals surface area (Å²) in [6.07, 6.45) is -0.153. The van der Waals surface area contributed by atoms with Gasteiger partial charge in [0, 0.05) is 0 Å². The second-order valence-electron chi connectivity index (χ2n) is 0.349. The van der Waals surface area contributed by atoms with Crippen molar-refractivity contribution in [2.75, 3.05) is 6.23 Å². The standard InChI is InChI=1S/CH4O2Si/c2-1-4-3/h2,4H,1H2. The summed E-state index contributed by atoms with van der Waals surface area (Å²) in [5.41, 5.74) is 0. The molecule has 3 heteroatoms. The normalized spacial score (nSPS) is 6.25. The Labute approximate surface area is 26.3 Å². The summed E-state index contributed by atoms with van der Waals surface area (Å²) in [5, 5.41) is 7.60. The minimum absolute atomic E-state index is 0.153. The lowest BCUT2D eigenvalue weighted by Crippen LogP contribution is -1.78. The largest absolute Gasteiger partial charge is 0.393 e. The minimum atomic E-state index is -0.912. The van der Waals surface area contributed by atoms with Crippen LogP contribution in [0.2, 0.25) is 0 Å². The summed E-state index contributed by atoms with van der Waals surface area (Å²) in [6.45, 7) is 0. The fraction of sp³-hybridized carbons (Fsp3) is 1.00. The summed E-state index contributed by atoms with van der Waals surface area (Å²) in [7, 11) is -0.912. The molecule has 4 heavy (non-hydrogen) atoms. The molecule has 0 fully saturated rings. The Morgan fingerprint density at radius 2 is 2.25 bits per heavy atom. The third-order valence-corrected chi connectivity index (χ3v) is 0.224. The minimum Gasteiger partial charge on any atom is -0.393 e. The van der Waals surface area contributed by atoms with Crippen LogP contribution in [0.4, 0.5) is 0 Å². The fourth-order valence-electron chi connectivity index (χ4n) is 0. The molecule has 0 bridgehead atoms. The quantitative estimate of drug-likeness (QED) is 0.395. The molecular formula is CH4O2Si. The van der Waals surface area contributed by atoms with Gasteiger partial charge in [-0.05, 0) is 0 Å². The van der Waals surface area contributed by atoms with E-state index in [1.165, 1.54) is 0 Å². The molecule has 0 aromatic heterocycles. The van der Waals surface area contributed by atoms with Crippen molar-refractivity contribution in [1.29, 1.82) is 0 Å². The van der Waals surface area contributed by atoms with Crippen LogP contribution in [-0.2, 0) is 4.46 Å². The Balaban J connectivity index is 2.30. The summed E-state index contributed by atoms with van der Waals surface area (Å²) >= 11 is 0. The van der Waals surface area contributed by atoms with Gasteiger partial charge in [0.15, 0.2) is 0 Å². The van der Waals surface area contributed by atoms with Gasteiger partial charge in [0.1, 0.15) is 0 Å². The molecule has 0 amide bonds. The van der Waals surface area contributed by atoms with Crippen LogP contribution in [0.15, 0.2) is 0 Å². The molecule has 1 N–H and O–H groups in total. The van der Waals surface area contributed by atoms with Gasteiger partial charge in [0.2, 0.25) is 0 Å². The number of aliphatic hydroxyl groups excluding tert-OH is 1. The molecule has 0 aliphatic heterocycles. The Bertz CT molecular complexity index is 20.0. The molecule has 0 saturated carbocycles. The van der Waals surface area contributed by atoms with Crippen molar-refractivity contribution < 1.29 is 9.57 Å². The highest BCUT2D eigenvalue weighted by Gasteiger charge is 1.57. The molecule has 2 nitrogen and oxygen atoms in total. The zero-order valence-corrected chi connectivity index (χ0v) is 3.29. The van der Waals surface area contributed by atoms with Crippen molar-refractivity contribution in [3.8, 4) is 0 Å². The first-order valence-corrected chi connectivity index (χ1v) is 2.25. The maximum Gasteiger partial charge on any atom is 0.287 e. The maximum absolute atomic E-state index is 9.13. The van der Waals surface area contributed by atoms with Crippen LogP contribution >= 0.6 is 0 Å². The SMILES string of the molecule is O=[SiH]CO. The molecule has 0 aliphatic carbocycles. The number of hydrogen-bond donors (Lipinski definition) is 1. The van der Waals surface area contributed by atoms with Crippen LogP contribution in [0.1, 0.15) is 0 Å². The van der Waals surface area contributed by atoms with E-state index in [0.29, 0.717) is 0 Å². The van der Waals surface area contributed by atoms with E-state index < -0.39 is 9.41 Å². The van der Waals surface area contributed by atoms with E-state index >= 15 is 0 Å². The Morgan fingerprint density at radius 1 is 2.00 bits per heavy atom. The van der Waals surface area contributed by atoms with Crippen LogP contribution in [0.5, 0.6) is 0 Å². The third-order valence-electron chi connectivity index (χ3n) is 0.0745. The van der Waals surface area contributed by atoms with E-state index in [0.717, 1.165) is 0 Å². The maximum atomic E-state index is 9.13. The molecule has 0 radical (unpaired) electrons. The molecule has 0 aliphatic rings. The van der Waals surface area contributed by atoms with Gasteiger partial charge in [-0.2, -0.15) is 0 Å². The highest BCUT2D eigenvalue weighted by Crippen LogP contribution is 1.24. The highest BCUT2D eigenvalue weighted by molar-refractivity contribution is 6.16. The molecule has 0 saturated heterocycles. The first-order chi connectivity index (χ1) is 1.91. The van der Waals surface area contributed by atoms with E-state index in [4.69, 9.17) is 9.57 Å². The predicted molar refractivity (Wildman–Crippen MR) is 14.9 cm³/mol. The predicted octanol–water partition coefficient (Wildman–Crippen LogP) is -1.28. The second-order valence-corrected chi connectivity index (χ2v) is 1.05. The van der Waals surface area contributed by atoms with Crippen LogP contribution < -0.4 is 0 Å². The molecule has 24 valence electrons. The van der Waals surface area contributed by atoms with Crippen molar-refractivity contribution in [2.24, 2.45) is 0 Å². The van der Waals surface area contributed by atoms with Gasteiger partial charge in [-0.1, -0.05) is 0 Å². The van der Waals surface area contributed by atoms with Gasteiger partial charge in [0.25, 0.3) is 9.41 Å². The topological polar surface area (TPSA) is 37.3 Å². The average molecular weight is 76.1 g/mol.